The molecule has 1 spiro atoms. The summed E-state index contributed by atoms with van der Waals surface area (Å²) < 4.78 is 5.17. The lowest BCUT2D eigenvalue weighted by atomic mass is 9.64. The number of urea groups is 1. The number of ether oxygens (including phenoxy) is 1. The molecule has 2 atom stereocenters. The summed E-state index contributed by atoms with van der Waals surface area (Å²) in [5.74, 6) is -1.27. The van der Waals surface area contributed by atoms with Crippen LogP contribution in [0, 0.1) is 11.3 Å². The Balaban J connectivity index is 1.38. The van der Waals surface area contributed by atoms with Crippen molar-refractivity contribution in [2.45, 2.75) is 64.8 Å². The lowest BCUT2D eigenvalue weighted by Gasteiger charge is -2.43. The van der Waals surface area contributed by atoms with E-state index in [0.717, 1.165) is 28.3 Å². The number of fused-ring (bicyclic) bond motifs is 1. The van der Waals surface area contributed by atoms with Crippen molar-refractivity contribution in [1.82, 2.24) is 10.2 Å². The van der Waals surface area contributed by atoms with Crippen LogP contribution >= 0.6 is 0 Å². The summed E-state index contributed by atoms with van der Waals surface area (Å²) in [5.41, 5.74) is 1.51. The summed E-state index contributed by atoms with van der Waals surface area (Å²) in [6.45, 7) is 9.36. The lowest BCUT2D eigenvalue weighted by molar-refractivity contribution is -0.150. The fourth-order valence-electron chi connectivity index (χ4n) is 6.43. The molecule has 1 saturated heterocycles. The molecule has 2 heterocycles. The zero-order chi connectivity index (χ0) is 25.8. The molecule has 3 amide bonds. The smallest absolute Gasteiger partial charge is 0.326 e. The van der Waals surface area contributed by atoms with E-state index in [4.69, 9.17) is 4.74 Å². The van der Waals surface area contributed by atoms with Gasteiger partial charge in [-0.2, -0.15) is 0 Å². The molecule has 8 nitrogen and oxygen atoms in total. The van der Waals surface area contributed by atoms with Gasteiger partial charge in [-0.3, -0.25) is 19.3 Å². The van der Waals surface area contributed by atoms with Crippen molar-refractivity contribution in [2.75, 3.05) is 25.1 Å². The number of hydrogen-bond donors (Lipinski definition) is 1. The van der Waals surface area contributed by atoms with Gasteiger partial charge in [0.2, 0.25) is 0 Å². The topological polar surface area (TPSA) is 96.0 Å². The number of ketones is 1. The first-order valence-electron chi connectivity index (χ1n) is 12.1. The van der Waals surface area contributed by atoms with Gasteiger partial charge >= 0.3 is 12.0 Å². The number of carbonyl (C=O) groups is 4. The van der Waals surface area contributed by atoms with Gasteiger partial charge in [-0.25, -0.2) is 4.79 Å². The zero-order valence-electron chi connectivity index (χ0n) is 21.4. The molecule has 188 valence electrons. The molecule has 0 bridgehead atoms. The van der Waals surface area contributed by atoms with E-state index in [9.17, 15) is 19.2 Å². The van der Waals surface area contributed by atoms with Gasteiger partial charge in [-0.05, 0) is 42.2 Å². The molecule has 8 heteroatoms. The van der Waals surface area contributed by atoms with Crippen molar-refractivity contribution in [1.29, 1.82) is 0 Å². The van der Waals surface area contributed by atoms with Gasteiger partial charge in [0.05, 0.1) is 0 Å². The highest BCUT2D eigenvalue weighted by Crippen LogP contribution is 2.47. The highest BCUT2D eigenvalue weighted by atomic mass is 16.5. The maximum Gasteiger partial charge on any atom is 0.326 e. The summed E-state index contributed by atoms with van der Waals surface area (Å²) in [4.78, 5) is 53.8. The van der Waals surface area contributed by atoms with Gasteiger partial charge in [-0.15, -0.1) is 0 Å². The van der Waals surface area contributed by atoms with Crippen LogP contribution in [0.25, 0.3) is 0 Å². The first kappa shape index (κ1) is 24.9. The molecule has 0 radical (unpaired) electrons. The standard InChI is InChI=1S/C27H35N3O5/c1-17-12-25(2,3)16-27(13-17)23(33)30(24(34)28-27)14-22(32)35-15-18(31)11-21-26(4,5)19-9-7-8-10-20(19)29(21)6/h7-11,17H,12-16H2,1-6H3,(H,28,34)/b21-11+/t17-,27+/m1/s1. The Morgan fingerprint density at radius 2 is 1.83 bits per heavy atom. The van der Waals surface area contributed by atoms with Gasteiger partial charge in [0, 0.05) is 29.9 Å². The van der Waals surface area contributed by atoms with E-state index in [1.165, 1.54) is 6.08 Å². The quantitative estimate of drug-likeness (QED) is 0.393. The molecule has 1 N–H and O–H groups in total. The Kier molecular flexibility index (Phi) is 6.06. The fraction of sp³-hybridized carbons (Fsp3) is 0.556. The predicted octanol–water partition coefficient (Wildman–Crippen LogP) is 3.55. The zero-order valence-corrected chi connectivity index (χ0v) is 21.4. The second kappa shape index (κ2) is 8.50. The third kappa shape index (κ3) is 4.46. The molecule has 2 fully saturated rings. The van der Waals surface area contributed by atoms with Crippen LogP contribution in [0.5, 0.6) is 0 Å². The number of likely N-dealkylation sites (N-methyl/N-ethyl adjacent to an activating group) is 1. The summed E-state index contributed by atoms with van der Waals surface area (Å²) >= 11 is 0. The first-order valence-corrected chi connectivity index (χ1v) is 12.1. The molecule has 0 unspecified atom stereocenters. The number of nitrogens with one attached hydrogen (secondary N) is 1. The average molecular weight is 482 g/mol. The number of allylic oxidation sites excluding steroid dienone is 1. The molecule has 1 aromatic rings. The van der Waals surface area contributed by atoms with Crippen molar-refractivity contribution in [2.24, 2.45) is 11.3 Å². The van der Waals surface area contributed by atoms with Crippen molar-refractivity contribution in [3.8, 4) is 0 Å². The molecule has 1 aliphatic carbocycles. The third-order valence-corrected chi connectivity index (χ3v) is 7.52. The van der Waals surface area contributed by atoms with E-state index in [1.807, 2.05) is 50.1 Å². The second-order valence-electron chi connectivity index (χ2n) is 11.6. The van der Waals surface area contributed by atoms with E-state index >= 15 is 0 Å². The summed E-state index contributed by atoms with van der Waals surface area (Å²) in [7, 11) is 1.90. The van der Waals surface area contributed by atoms with Crippen molar-refractivity contribution < 1.29 is 23.9 Å². The normalized spacial score (nSPS) is 27.8. The maximum absolute atomic E-state index is 13.2. The lowest BCUT2D eigenvalue weighted by Crippen LogP contribution is -2.54. The summed E-state index contributed by atoms with van der Waals surface area (Å²) in [6, 6.07) is 7.37. The largest absolute Gasteiger partial charge is 0.456 e. The van der Waals surface area contributed by atoms with E-state index in [0.29, 0.717) is 12.8 Å². The molecule has 3 aliphatic rings. The van der Waals surface area contributed by atoms with Crippen LogP contribution in [-0.2, 0) is 24.5 Å². The number of imide groups is 1. The molecular weight excluding hydrogens is 446 g/mol. The molecule has 1 aromatic carbocycles. The van der Waals surface area contributed by atoms with E-state index in [-0.39, 0.29) is 28.4 Å². The molecule has 0 aromatic heterocycles. The minimum Gasteiger partial charge on any atom is -0.456 e. The Labute approximate surface area is 206 Å². The SMILES string of the molecule is C[C@@H]1CC(C)(C)C[C@]2(C1)NC(=O)N(CC(=O)OCC(=O)/C=C1/N(C)c3ccccc3C1(C)C)C2=O. The fourth-order valence-corrected chi connectivity index (χ4v) is 6.43. The van der Waals surface area contributed by atoms with E-state index < -0.39 is 30.7 Å². The van der Waals surface area contributed by atoms with Crippen LogP contribution in [0.15, 0.2) is 36.0 Å². The molecule has 35 heavy (non-hydrogen) atoms. The maximum atomic E-state index is 13.2. The summed E-state index contributed by atoms with van der Waals surface area (Å²) in [5, 5.41) is 2.84. The monoisotopic (exact) mass is 481 g/mol. The molecular formula is C27H35N3O5. The number of carbonyl (C=O) groups excluding carboxylic acids is 4. The van der Waals surface area contributed by atoms with Crippen molar-refractivity contribution in [3.63, 3.8) is 0 Å². The summed E-state index contributed by atoms with van der Waals surface area (Å²) in [6.07, 6.45) is 3.54. The first-order chi connectivity index (χ1) is 16.3. The van der Waals surface area contributed by atoms with Crippen molar-refractivity contribution >= 4 is 29.4 Å². The second-order valence-corrected chi connectivity index (χ2v) is 11.6. The van der Waals surface area contributed by atoms with Crippen molar-refractivity contribution in [3.05, 3.63) is 41.6 Å². The Morgan fingerprint density at radius 3 is 2.49 bits per heavy atom. The van der Waals surface area contributed by atoms with Crippen LogP contribution in [0.3, 0.4) is 0 Å². The van der Waals surface area contributed by atoms with Gasteiger partial charge in [0.15, 0.2) is 12.4 Å². The van der Waals surface area contributed by atoms with Gasteiger partial charge in [-0.1, -0.05) is 52.8 Å². The number of amides is 3. The highest BCUT2D eigenvalue weighted by Gasteiger charge is 2.56. The number of anilines is 1. The van der Waals surface area contributed by atoms with Gasteiger partial charge in [0.25, 0.3) is 5.91 Å². The van der Waals surface area contributed by atoms with E-state index in [1.54, 1.807) is 0 Å². The number of hydrogen-bond acceptors (Lipinski definition) is 6. The molecule has 4 rings (SSSR count). The van der Waals surface area contributed by atoms with Crippen LogP contribution in [0.2, 0.25) is 0 Å². The Bertz CT molecular complexity index is 1120. The number of esters is 1. The molecule has 1 saturated carbocycles. The number of para-hydroxylation sites is 1. The molecule has 2 aliphatic heterocycles. The van der Waals surface area contributed by atoms with E-state index in [2.05, 4.69) is 26.1 Å². The third-order valence-electron chi connectivity index (χ3n) is 7.52. The number of nitrogens with zero attached hydrogens (tertiary/aromatic N) is 2. The number of benzene rings is 1. The number of rotatable bonds is 5. The minimum absolute atomic E-state index is 0.0993. The Hall–Kier alpha value is -3.16. The highest BCUT2D eigenvalue weighted by molar-refractivity contribution is 6.09. The Morgan fingerprint density at radius 1 is 1.14 bits per heavy atom. The van der Waals surface area contributed by atoms with Gasteiger partial charge < -0.3 is 15.0 Å². The van der Waals surface area contributed by atoms with Crippen LogP contribution in [0.1, 0.15) is 59.4 Å². The van der Waals surface area contributed by atoms with Crippen LogP contribution < -0.4 is 10.2 Å². The minimum atomic E-state index is -0.980. The average Bonchev–Trinajstić information content (AvgIpc) is 3.08. The van der Waals surface area contributed by atoms with Gasteiger partial charge in [0.1, 0.15) is 12.1 Å². The predicted molar refractivity (Wildman–Crippen MR) is 132 cm³/mol. The van der Waals surface area contributed by atoms with Crippen LogP contribution in [0.4, 0.5) is 10.5 Å². The van der Waals surface area contributed by atoms with Crippen LogP contribution in [-0.4, -0.2) is 54.3 Å².